The standard InChI is InChI=1S/C11H11IN2O2/c1-2-9(15)10-13-11(16-14-10)7-4-3-5-8(12)6-7/h3-6,9,15H,2H2,1H3. The lowest BCUT2D eigenvalue weighted by Gasteiger charge is -1.98. The molecular weight excluding hydrogens is 319 g/mol. The number of aromatic nitrogens is 2. The number of benzene rings is 1. The zero-order valence-corrected chi connectivity index (χ0v) is 10.9. The van der Waals surface area contributed by atoms with Crippen molar-refractivity contribution in [2.75, 3.05) is 0 Å². The Bertz CT molecular complexity index is 484. The number of hydrogen-bond donors (Lipinski definition) is 1. The number of aliphatic hydroxyl groups excluding tert-OH is 1. The molecule has 0 saturated carbocycles. The van der Waals surface area contributed by atoms with Crippen LogP contribution < -0.4 is 0 Å². The number of nitrogens with zero attached hydrogens (tertiary/aromatic N) is 2. The van der Waals surface area contributed by atoms with Gasteiger partial charge in [-0.3, -0.25) is 0 Å². The lowest BCUT2D eigenvalue weighted by atomic mass is 10.2. The summed E-state index contributed by atoms with van der Waals surface area (Å²) in [5.74, 6) is 0.789. The van der Waals surface area contributed by atoms with Gasteiger partial charge in [-0.2, -0.15) is 4.98 Å². The van der Waals surface area contributed by atoms with E-state index in [9.17, 15) is 5.11 Å². The van der Waals surface area contributed by atoms with Crippen molar-refractivity contribution in [2.45, 2.75) is 19.4 Å². The predicted molar refractivity (Wildman–Crippen MR) is 67.7 cm³/mol. The van der Waals surface area contributed by atoms with E-state index in [1.807, 2.05) is 31.2 Å². The highest BCUT2D eigenvalue weighted by atomic mass is 127. The molecule has 0 amide bonds. The maximum atomic E-state index is 9.56. The zero-order valence-electron chi connectivity index (χ0n) is 8.72. The van der Waals surface area contributed by atoms with Gasteiger partial charge in [-0.15, -0.1) is 0 Å². The summed E-state index contributed by atoms with van der Waals surface area (Å²) in [7, 11) is 0. The van der Waals surface area contributed by atoms with E-state index in [1.54, 1.807) is 0 Å². The van der Waals surface area contributed by atoms with Crippen LogP contribution in [0.2, 0.25) is 0 Å². The maximum Gasteiger partial charge on any atom is 0.258 e. The van der Waals surface area contributed by atoms with Gasteiger partial charge in [0.15, 0.2) is 0 Å². The first kappa shape index (κ1) is 11.5. The summed E-state index contributed by atoms with van der Waals surface area (Å²) in [4.78, 5) is 4.16. The van der Waals surface area contributed by atoms with Crippen molar-refractivity contribution in [3.05, 3.63) is 33.7 Å². The molecule has 1 aromatic heterocycles. The van der Waals surface area contributed by atoms with E-state index < -0.39 is 6.10 Å². The van der Waals surface area contributed by atoms with E-state index in [4.69, 9.17) is 4.52 Å². The zero-order chi connectivity index (χ0) is 11.5. The van der Waals surface area contributed by atoms with Crippen LogP contribution in [-0.4, -0.2) is 15.2 Å². The number of hydrogen-bond acceptors (Lipinski definition) is 4. The molecule has 5 heteroatoms. The van der Waals surface area contributed by atoms with Crippen LogP contribution in [0.25, 0.3) is 11.5 Å². The van der Waals surface area contributed by atoms with Crippen molar-refractivity contribution in [3.63, 3.8) is 0 Å². The molecule has 0 aliphatic heterocycles. The molecule has 0 aliphatic carbocycles. The molecule has 0 bridgehead atoms. The Morgan fingerprint density at radius 1 is 1.50 bits per heavy atom. The fraction of sp³-hybridized carbons (Fsp3) is 0.273. The van der Waals surface area contributed by atoms with E-state index in [-0.39, 0.29) is 0 Å². The van der Waals surface area contributed by atoms with Crippen molar-refractivity contribution < 1.29 is 9.63 Å². The third-order valence-corrected chi connectivity index (χ3v) is 2.87. The van der Waals surface area contributed by atoms with Gasteiger partial charge in [-0.05, 0) is 47.2 Å². The number of aliphatic hydroxyl groups is 1. The van der Waals surface area contributed by atoms with Crippen molar-refractivity contribution in [1.82, 2.24) is 10.1 Å². The SMILES string of the molecule is CCC(O)c1noc(-c2cccc(I)c2)n1. The second-order valence-electron chi connectivity index (χ2n) is 3.39. The van der Waals surface area contributed by atoms with Gasteiger partial charge in [0, 0.05) is 9.13 Å². The summed E-state index contributed by atoms with van der Waals surface area (Å²) >= 11 is 2.22. The third-order valence-electron chi connectivity index (χ3n) is 2.20. The fourth-order valence-electron chi connectivity index (χ4n) is 1.29. The second-order valence-corrected chi connectivity index (χ2v) is 4.64. The van der Waals surface area contributed by atoms with Crippen LogP contribution in [0.3, 0.4) is 0 Å². The predicted octanol–water partition coefficient (Wildman–Crippen LogP) is 2.78. The van der Waals surface area contributed by atoms with Crippen LogP contribution in [0.15, 0.2) is 28.8 Å². The first-order chi connectivity index (χ1) is 7.70. The monoisotopic (exact) mass is 330 g/mol. The summed E-state index contributed by atoms with van der Waals surface area (Å²) in [5.41, 5.74) is 0.869. The Balaban J connectivity index is 2.31. The smallest absolute Gasteiger partial charge is 0.258 e. The molecule has 1 aromatic carbocycles. The molecule has 2 aromatic rings. The minimum atomic E-state index is -0.653. The summed E-state index contributed by atoms with van der Waals surface area (Å²) < 4.78 is 6.21. The van der Waals surface area contributed by atoms with E-state index in [1.165, 1.54) is 0 Å². The molecule has 84 valence electrons. The second kappa shape index (κ2) is 4.92. The Labute approximate surface area is 107 Å². The summed E-state index contributed by atoms with van der Waals surface area (Å²) in [5, 5.41) is 13.3. The fourth-order valence-corrected chi connectivity index (χ4v) is 1.83. The molecular formula is C11H11IN2O2. The number of halogens is 1. The van der Waals surface area contributed by atoms with E-state index in [0.717, 1.165) is 9.13 Å². The summed E-state index contributed by atoms with van der Waals surface area (Å²) in [6.45, 7) is 1.87. The molecule has 0 radical (unpaired) electrons. The molecule has 2 rings (SSSR count). The average Bonchev–Trinajstić information content (AvgIpc) is 2.77. The van der Waals surface area contributed by atoms with E-state index in [0.29, 0.717) is 18.1 Å². The first-order valence-corrected chi connectivity index (χ1v) is 6.06. The third kappa shape index (κ3) is 2.41. The maximum absolute atomic E-state index is 9.56. The van der Waals surface area contributed by atoms with Crippen molar-refractivity contribution in [1.29, 1.82) is 0 Å². The van der Waals surface area contributed by atoms with Crippen molar-refractivity contribution in [2.24, 2.45) is 0 Å². The molecule has 1 N–H and O–H groups in total. The lowest BCUT2D eigenvalue weighted by Crippen LogP contribution is -1.97. The van der Waals surface area contributed by atoms with Gasteiger partial charge in [-0.25, -0.2) is 0 Å². The van der Waals surface area contributed by atoms with Gasteiger partial charge < -0.3 is 9.63 Å². The normalized spacial score (nSPS) is 12.7. The highest BCUT2D eigenvalue weighted by Crippen LogP contribution is 2.21. The molecule has 1 unspecified atom stereocenters. The Kier molecular flexibility index (Phi) is 3.55. The minimum absolute atomic E-state index is 0.344. The molecule has 0 saturated heterocycles. The van der Waals surface area contributed by atoms with Crippen molar-refractivity contribution in [3.8, 4) is 11.5 Å². The number of rotatable bonds is 3. The van der Waals surface area contributed by atoms with Gasteiger partial charge in [0.05, 0.1) is 0 Å². The van der Waals surface area contributed by atoms with Gasteiger partial charge in [0.2, 0.25) is 5.82 Å². The highest BCUT2D eigenvalue weighted by molar-refractivity contribution is 14.1. The highest BCUT2D eigenvalue weighted by Gasteiger charge is 2.14. The van der Waals surface area contributed by atoms with Gasteiger partial charge in [0.1, 0.15) is 6.10 Å². The topological polar surface area (TPSA) is 59.2 Å². The quantitative estimate of drug-likeness (QED) is 0.879. The first-order valence-electron chi connectivity index (χ1n) is 4.98. The van der Waals surface area contributed by atoms with Crippen LogP contribution in [0.1, 0.15) is 25.3 Å². The molecule has 16 heavy (non-hydrogen) atoms. The van der Waals surface area contributed by atoms with Crippen molar-refractivity contribution >= 4 is 22.6 Å². The van der Waals surface area contributed by atoms with Crippen LogP contribution in [0.5, 0.6) is 0 Å². The van der Waals surface area contributed by atoms with Crippen LogP contribution in [0.4, 0.5) is 0 Å². The molecule has 4 nitrogen and oxygen atoms in total. The Hall–Kier alpha value is -0.950. The van der Waals surface area contributed by atoms with Gasteiger partial charge in [0.25, 0.3) is 5.89 Å². The molecule has 0 aliphatic rings. The summed E-state index contributed by atoms with van der Waals surface area (Å²) in [6.07, 6.45) is -0.0778. The molecule has 1 heterocycles. The van der Waals surface area contributed by atoms with Gasteiger partial charge in [-0.1, -0.05) is 18.1 Å². The minimum Gasteiger partial charge on any atom is -0.385 e. The Morgan fingerprint density at radius 2 is 2.31 bits per heavy atom. The molecule has 0 spiro atoms. The Morgan fingerprint density at radius 3 is 3.00 bits per heavy atom. The van der Waals surface area contributed by atoms with Crippen LogP contribution in [0, 0.1) is 3.57 Å². The summed E-state index contributed by atoms with van der Waals surface area (Å²) in [6, 6.07) is 7.77. The van der Waals surface area contributed by atoms with E-state index >= 15 is 0 Å². The van der Waals surface area contributed by atoms with Gasteiger partial charge >= 0.3 is 0 Å². The molecule has 1 atom stereocenters. The van der Waals surface area contributed by atoms with Crippen LogP contribution >= 0.6 is 22.6 Å². The largest absolute Gasteiger partial charge is 0.385 e. The lowest BCUT2D eigenvalue weighted by molar-refractivity contribution is 0.159. The average molecular weight is 330 g/mol. The molecule has 0 fully saturated rings. The van der Waals surface area contributed by atoms with Crippen LogP contribution in [-0.2, 0) is 0 Å². The van der Waals surface area contributed by atoms with E-state index in [2.05, 4.69) is 32.7 Å².